The van der Waals surface area contributed by atoms with E-state index >= 15 is 0 Å². The van der Waals surface area contributed by atoms with Gasteiger partial charge in [-0.05, 0) is 36.8 Å². The zero-order valence-corrected chi connectivity index (χ0v) is 11.5. The number of sulfonamides is 1. The van der Waals surface area contributed by atoms with Gasteiger partial charge in [-0.25, -0.2) is 13.2 Å². The predicted octanol–water partition coefficient (Wildman–Crippen LogP) is 2.76. The molecule has 0 saturated carbocycles. The molecule has 0 amide bonds. The molecule has 5 nitrogen and oxygen atoms in total. The van der Waals surface area contributed by atoms with Crippen molar-refractivity contribution in [2.45, 2.75) is 11.8 Å². The second-order valence-corrected chi connectivity index (χ2v) is 5.81. The van der Waals surface area contributed by atoms with E-state index in [2.05, 4.69) is 9.71 Å². The minimum absolute atomic E-state index is 0.0425. The minimum Gasteiger partial charge on any atom is -0.280 e. The minimum atomic E-state index is -3.71. The fourth-order valence-corrected chi connectivity index (χ4v) is 2.72. The second-order valence-electron chi connectivity index (χ2n) is 4.12. The van der Waals surface area contributed by atoms with Gasteiger partial charge in [-0.15, -0.1) is 0 Å². The molecule has 0 aliphatic heterocycles. The van der Waals surface area contributed by atoms with Crippen LogP contribution in [-0.2, 0) is 14.8 Å². The van der Waals surface area contributed by atoms with Crippen molar-refractivity contribution >= 4 is 27.5 Å². The molecule has 6 heteroatoms. The largest absolute Gasteiger partial charge is 0.280 e. The number of carbonyl (C=O) groups excluding carboxylic acids is 1. The van der Waals surface area contributed by atoms with E-state index in [1.54, 1.807) is 43.3 Å². The van der Waals surface area contributed by atoms with Gasteiger partial charge in [0.25, 0.3) is 10.0 Å². The fourth-order valence-electron chi connectivity index (χ4n) is 1.65. The van der Waals surface area contributed by atoms with E-state index in [1.807, 2.05) is 0 Å². The number of nitrogens with one attached hydrogen (secondary N) is 1. The lowest BCUT2D eigenvalue weighted by molar-refractivity contribution is 0.565. The summed E-state index contributed by atoms with van der Waals surface area (Å²) in [6.45, 7) is 1.73. The Hall–Kier alpha value is -2.43. The van der Waals surface area contributed by atoms with Crippen LogP contribution in [0.25, 0.3) is 0 Å². The van der Waals surface area contributed by atoms with Crippen molar-refractivity contribution in [3.63, 3.8) is 0 Å². The average molecular weight is 288 g/mol. The van der Waals surface area contributed by atoms with Crippen LogP contribution < -0.4 is 4.72 Å². The quantitative estimate of drug-likeness (QED) is 0.694. The van der Waals surface area contributed by atoms with Gasteiger partial charge < -0.3 is 0 Å². The zero-order chi connectivity index (χ0) is 14.6. The molecule has 0 saturated heterocycles. The van der Waals surface area contributed by atoms with Crippen LogP contribution in [0.1, 0.15) is 5.56 Å². The topological polar surface area (TPSA) is 75.6 Å². The standard InChI is InChI=1S/C14H12N2O3S/c1-11-7-8-13(9-14(11)15-10-17)20(18,19)16-12-5-3-2-4-6-12/h2-9,16H,1H3. The maximum atomic E-state index is 12.2. The van der Waals surface area contributed by atoms with E-state index in [0.717, 1.165) is 0 Å². The molecule has 0 aliphatic carbocycles. The molecule has 2 aromatic rings. The van der Waals surface area contributed by atoms with Crippen LogP contribution in [0.3, 0.4) is 0 Å². The molecule has 1 N–H and O–H groups in total. The van der Waals surface area contributed by atoms with Crippen molar-refractivity contribution in [1.82, 2.24) is 0 Å². The molecule has 102 valence electrons. The summed E-state index contributed by atoms with van der Waals surface area (Å²) >= 11 is 0. The first-order valence-corrected chi connectivity index (χ1v) is 7.27. The highest BCUT2D eigenvalue weighted by Crippen LogP contribution is 2.24. The maximum absolute atomic E-state index is 12.2. The predicted molar refractivity (Wildman–Crippen MR) is 76.2 cm³/mol. The lowest BCUT2D eigenvalue weighted by atomic mass is 10.2. The Morgan fingerprint density at radius 2 is 1.80 bits per heavy atom. The molecular formula is C14H12N2O3S. The van der Waals surface area contributed by atoms with Gasteiger partial charge in [-0.1, -0.05) is 24.3 Å². The number of para-hydroxylation sites is 1. The smallest absolute Gasteiger partial charge is 0.261 e. The number of hydrogen-bond donors (Lipinski definition) is 1. The summed E-state index contributed by atoms with van der Waals surface area (Å²) in [5.41, 5.74) is 1.46. The number of isocyanates is 1. The van der Waals surface area contributed by atoms with E-state index in [0.29, 0.717) is 11.3 Å². The number of benzene rings is 2. The van der Waals surface area contributed by atoms with Crippen molar-refractivity contribution in [2.24, 2.45) is 4.99 Å². The zero-order valence-electron chi connectivity index (χ0n) is 10.7. The van der Waals surface area contributed by atoms with Crippen LogP contribution >= 0.6 is 0 Å². The Labute approximate surface area is 117 Å². The highest BCUT2D eigenvalue weighted by Gasteiger charge is 2.15. The van der Waals surface area contributed by atoms with E-state index in [1.165, 1.54) is 18.2 Å². The Morgan fingerprint density at radius 3 is 2.45 bits per heavy atom. The van der Waals surface area contributed by atoms with E-state index in [9.17, 15) is 13.2 Å². The average Bonchev–Trinajstić information content (AvgIpc) is 2.42. The highest BCUT2D eigenvalue weighted by molar-refractivity contribution is 7.92. The summed E-state index contributed by atoms with van der Waals surface area (Å²) in [5, 5.41) is 0. The van der Waals surface area contributed by atoms with Crippen LogP contribution in [0.4, 0.5) is 11.4 Å². The first-order valence-electron chi connectivity index (χ1n) is 5.79. The molecule has 0 radical (unpaired) electrons. The van der Waals surface area contributed by atoms with Crippen LogP contribution in [0.15, 0.2) is 58.4 Å². The molecule has 0 heterocycles. The van der Waals surface area contributed by atoms with Crippen LogP contribution in [-0.4, -0.2) is 14.5 Å². The molecule has 0 unspecified atom stereocenters. The summed E-state index contributed by atoms with van der Waals surface area (Å²) in [7, 11) is -3.71. The van der Waals surface area contributed by atoms with Gasteiger partial charge in [-0.3, -0.25) is 4.72 Å². The Bertz CT molecular complexity index is 764. The fraction of sp³-hybridized carbons (Fsp3) is 0.0714. The molecule has 0 fully saturated rings. The second kappa shape index (κ2) is 5.69. The monoisotopic (exact) mass is 288 g/mol. The molecule has 0 aromatic heterocycles. The van der Waals surface area contributed by atoms with E-state index in [-0.39, 0.29) is 10.6 Å². The number of aryl methyl sites for hydroxylation is 1. The van der Waals surface area contributed by atoms with Crippen molar-refractivity contribution in [3.8, 4) is 0 Å². The molecule has 20 heavy (non-hydrogen) atoms. The highest BCUT2D eigenvalue weighted by atomic mass is 32.2. The number of hydrogen-bond acceptors (Lipinski definition) is 4. The Balaban J connectivity index is 2.39. The van der Waals surface area contributed by atoms with Crippen LogP contribution in [0, 0.1) is 6.92 Å². The van der Waals surface area contributed by atoms with Gasteiger partial charge in [0.1, 0.15) is 0 Å². The summed E-state index contributed by atoms with van der Waals surface area (Å²) < 4.78 is 26.9. The van der Waals surface area contributed by atoms with Crippen LogP contribution in [0.5, 0.6) is 0 Å². The number of aliphatic imine (C=N–C) groups is 1. The van der Waals surface area contributed by atoms with Crippen molar-refractivity contribution in [3.05, 3.63) is 54.1 Å². The summed E-state index contributed by atoms with van der Waals surface area (Å²) in [4.78, 5) is 13.9. The molecule has 2 aromatic carbocycles. The van der Waals surface area contributed by atoms with Crippen molar-refractivity contribution in [2.75, 3.05) is 4.72 Å². The maximum Gasteiger partial charge on any atom is 0.261 e. The van der Waals surface area contributed by atoms with Gasteiger partial charge in [0.15, 0.2) is 0 Å². The molecule has 0 bridgehead atoms. The lowest BCUT2D eigenvalue weighted by Crippen LogP contribution is -2.12. The molecule has 2 rings (SSSR count). The first-order chi connectivity index (χ1) is 9.53. The molecule has 0 spiro atoms. The molecule has 0 aliphatic rings. The third-order valence-corrected chi connectivity index (χ3v) is 4.06. The summed E-state index contributed by atoms with van der Waals surface area (Å²) in [5.74, 6) is 0. The Kier molecular flexibility index (Phi) is 3.98. The normalized spacial score (nSPS) is 10.7. The summed E-state index contributed by atoms with van der Waals surface area (Å²) in [6, 6.07) is 12.9. The first kappa shape index (κ1) is 14.0. The van der Waals surface area contributed by atoms with Crippen molar-refractivity contribution < 1.29 is 13.2 Å². The van der Waals surface area contributed by atoms with Crippen LogP contribution in [0.2, 0.25) is 0 Å². The third-order valence-electron chi connectivity index (χ3n) is 2.68. The number of nitrogens with zero attached hydrogens (tertiary/aromatic N) is 1. The van der Waals surface area contributed by atoms with E-state index < -0.39 is 10.0 Å². The number of rotatable bonds is 4. The van der Waals surface area contributed by atoms with E-state index in [4.69, 9.17) is 0 Å². The Morgan fingerprint density at radius 1 is 1.10 bits per heavy atom. The summed E-state index contributed by atoms with van der Waals surface area (Å²) in [6.07, 6.45) is 1.41. The van der Waals surface area contributed by atoms with Gasteiger partial charge in [-0.2, -0.15) is 4.99 Å². The van der Waals surface area contributed by atoms with Gasteiger partial charge in [0.05, 0.1) is 10.6 Å². The van der Waals surface area contributed by atoms with Gasteiger partial charge in [0.2, 0.25) is 6.08 Å². The van der Waals surface area contributed by atoms with Gasteiger partial charge >= 0.3 is 0 Å². The van der Waals surface area contributed by atoms with Crippen molar-refractivity contribution in [1.29, 1.82) is 0 Å². The molecule has 0 atom stereocenters. The SMILES string of the molecule is Cc1ccc(S(=O)(=O)Nc2ccccc2)cc1N=C=O. The number of anilines is 1. The van der Waals surface area contributed by atoms with Gasteiger partial charge in [0, 0.05) is 5.69 Å². The molecular weight excluding hydrogens is 276 g/mol. The lowest BCUT2D eigenvalue weighted by Gasteiger charge is -2.09. The third kappa shape index (κ3) is 3.12.